The van der Waals surface area contributed by atoms with Gasteiger partial charge in [-0.15, -0.1) is 0 Å². The molecule has 1 saturated heterocycles. The van der Waals surface area contributed by atoms with E-state index in [-0.39, 0.29) is 0 Å². The first-order valence-corrected chi connectivity index (χ1v) is 11.9. The predicted molar refractivity (Wildman–Crippen MR) is 117 cm³/mol. The highest BCUT2D eigenvalue weighted by Gasteiger charge is 2.50. The van der Waals surface area contributed by atoms with Gasteiger partial charge in [0.25, 0.3) is 0 Å². The molecule has 1 atom stereocenters. The van der Waals surface area contributed by atoms with E-state index in [1.54, 1.807) is 0 Å². The van der Waals surface area contributed by atoms with E-state index < -0.39 is 12.0 Å². The maximum atomic E-state index is 12.4. The smallest absolute Gasteiger partial charge is 0.325 e. The zero-order valence-electron chi connectivity index (χ0n) is 17.9. The van der Waals surface area contributed by atoms with Crippen molar-refractivity contribution in [3.05, 3.63) is 35.5 Å². The second kappa shape index (κ2) is 7.10. The molecule has 1 aromatic carbocycles. The number of nitrogens with one attached hydrogen (secondary N) is 1. The van der Waals surface area contributed by atoms with Gasteiger partial charge in [-0.3, -0.25) is 14.6 Å². The molecule has 0 radical (unpaired) electrons. The molecule has 0 amide bonds. The molecule has 5 heteroatoms. The van der Waals surface area contributed by atoms with Gasteiger partial charge in [0.1, 0.15) is 6.04 Å². The molecule has 2 heterocycles. The van der Waals surface area contributed by atoms with Crippen molar-refractivity contribution in [2.75, 3.05) is 26.2 Å². The first-order chi connectivity index (χ1) is 14.6. The third-order valence-corrected chi connectivity index (χ3v) is 8.76. The number of aromatic nitrogens is 1. The van der Waals surface area contributed by atoms with Crippen LogP contribution in [0.25, 0.3) is 10.9 Å². The molecule has 5 aliphatic rings. The Morgan fingerprint density at radius 1 is 1.00 bits per heavy atom. The van der Waals surface area contributed by atoms with Crippen molar-refractivity contribution < 1.29 is 9.90 Å². The molecule has 5 fully saturated rings. The SMILES string of the molecule is Cc1[nH]c2ccccc2c1[C@@H](C(=O)O)N1CCN(C2C3CC4CC(C3)CC2C4)CC1. The average molecular weight is 408 g/mol. The number of carboxylic acid groups (broad SMARTS) is 1. The van der Waals surface area contributed by atoms with E-state index in [0.717, 1.165) is 78.1 Å². The summed E-state index contributed by atoms with van der Waals surface area (Å²) < 4.78 is 0. The van der Waals surface area contributed by atoms with E-state index in [9.17, 15) is 9.90 Å². The second-order valence-corrected chi connectivity index (χ2v) is 10.4. The summed E-state index contributed by atoms with van der Waals surface area (Å²) in [7, 11) is 0. The Balaban J connectivity index is 1.22. The highest BCUT2D eigenvalue weighted by Crippen LogP contribution is 2.55. The summed E-state index contributed by atoms with van der Waals surface area (Å²) in [6, 6.07) is 8.29. The van der Waals surface area contributed by atoms with Crippen molar-refractivity contribution in [3.8, 4) is 0 Å². The van der Waals surface area contributed by atoms with Crippen molar-refractivity contribution in [1.82, 2.24) is 14.8 Å². The van der Waals surface area contributed by atoms with Crippen LogP contribution >= 0.6 is 0 Å². The van der Waals surface area contributed by atoms with Crippen LogP contribution in [0.1, 0.15) is 49.4 Å². The lowest BCUT2D eigenvalue weighted by Crippen LogP contribution is -2.60. The number of carbonyl (C=O) groups is 1. The summed E-state index contributed by atoms with van der Waals surface area (Å²) >= 11 is 0. The van der Waals surface area contributed by atoms with Gasteiger partial charge in [-0.2, -0.15) is 0 Å². The van der Waals surface area contributed by atoms with Gasteiger partial charge in [0.2, 0.25) is 0 Å². The van der Waals surface area contributed by atoms with Gasteiger partial charge in [0.05, 0.1) is 0 Å². The van der Waals surface area contributed by atoms with Gasteiger partial charge < -0.3 is 10.1 Å². The number of piperazine rings is 1. The molecule has 1 aromatic heterocycles. The zero-order valence-corrected chi connectivity index (χ0v) is 17.9. The average Bonchev–Trinajstić information content (AvgIpc) is 3.04. The second-order valence-electron chi connectivity index (χ2n) is 10.4. The number of rotatable bonds is 4. The Hall–Kier alpha value is -1.85. The van der Waals surface area contributed by atoms with Crippen molar-refractivity contribution >= 4 is 16.9 Å². The Bertz CT molecular complexity index is 930. The quantitative estimate of drug-likeness (QED) is 0.803. The number of aliphatic carboxylic acids is 1. The topological polar surface area (TPSA) is 59.6 Å². The van der Waals surface area contributed by atoms with Gasteiger partial charge >= 0.3 is 5.97 Å². The summed E-state index contributed by atoms with van der Waals surface area (Å²) in [6.07, 6.45) is 7.29. The van der Waals surface area contributed by atoms with E-state index in [4.69, 9.17) is 0 Å². The number of fused-ring (bicyclic) bond motifs is 1. The van der Waals surface area contributed by atoms with Crippen molar-refractivity contribution in [1.29, 1.82) is 0 Å². The first kappa shape index (κ1) is 18.9. The largest absolute Gasteiger partial charge is 0.480 e. The lowest BCUT2D eigenvalue weighted by molar-refractivity contribution is -0.145. The van der Waals surface area contributed by atoms with Gasteiger partial charge in [-0.05, 0) is 68.8 Å². The fourth-order valence-electron chi connectivity index (χ4n) is 7.90. The van der Waals surface area contributed by atoms with Crippen LogP contribution in [-0.4, -0.2) is 58.1 Å². The third kappa shape index (κ3) is 2.93. The first-order valence-electron chi connectivity index (χ1n) is 11.9. The van der Waals surface area contributed by atoms with Crippen LogP contribution in [0.5, 0.6) is 0 Å². The maximum Gasteiger partial charge on any atom is 0.325 e. The van der Waals surface area contributed by atoms with E-state index in [1.807, 2.05) is 25.1 Å². The maximum absolute atomic E-state index is 12.4. The zero-order chi connectivity index (χ0) is 20.4. The number of hydrogen-bond donors (Lipinski definition) is 2. The minimum atomic E-state index is -0.731. The number of H-pyrrole nitrogens is 1. The Morgan fingerprint density at radius 3 is 2.27 bits per heavy atom. The molecule has 5 nitrogen and oxygen atoms in total. The Morgan fingerprint density at radius 2 is 1.63 bits per heavy atom. The fourth-order valence-corrected chi connectivity index (χ4v) is 7.90. The van der Waals surface area contributed by atoms with Gasteiger partial charge in [-0.25, -0.2) is 0 Å². The molecule has 0 unspecified atom stereocenters. The van der Waals surface area contributed by atoms with Crippen LogP contribution in [-0.2, 0) is 4.79 Å². The third-order valence-electron chi connectivity index (χ3n) is 8.76. The van der Waals surface area contributed by atoms with E-state index in [1.165, 1.54) is 32.1 Å². The van der Waals surface area contributed by atoms with Crippen molar-refractivity contribution in [2.45, 2.75) is 51.1 Å². The van der Waals surface area contributed by atoms with Gasteiger partial charge in [0, 0.05) is 54.4 Å². The van der Waals surface area contributed by atoms with Crippen LogP contribution in [0.2, 0.25) is 0 Å². The Kier molecular flexibility index (Phi) is 4.47. The molecule has 4 bridgehead atoms. The molecule has 2 N–H and O–H groups in total. The number of aryl methyl sites for hydroxylation is 1. The van der Waals surface area contributed by atoms with Crippen LogP contribution in [0.4, 0.5) is 0 Å². The summed E-state index contributed by atoms with van der Waals surface area (Å²) in [4.78, 5) is 20.8. The summed E-state index contributed by atoms with van der Waals surface area (Å²) in [5.41, 5.74) is 2.96. The standard InChI is InChI=1S/C25H33N3O2/c1-15-22(20-4-2-3-5-21(20)26-15)24(25(29)30)28-8-6-27(7-9-28)23-18-11-16-10-17(13-18)14-19(23)12-16/h2-5,16-19,23-24,26H,6-14H2,1H3,(H,29,30)/t16?,17?,18?,19?,23?,24-/m0/s1. The van der Waals surface area contributed by atoms with Crippen LogP contribution in [0.3, 0.4) is 0 Å². The lowest BCUT2D eigenvalue weighted by atomic mass is 9.54. The van der Waals surface area contributed by atoms with Crippen LogP contribution < -0.4 is 0 Å². The number of hydrogen-bond acceptors (Lipinski definition) is 3. The van der Waals surface area contributed by atoms with Gasteiger partial charge in [0.15, 0.2) is 0 Å². The predicted octanol–water partition coefficient (Wildman–Crippen LogP) is 4.04. The number of benzene rings is 1. The van der Waals surface area contributed by atoms with E-state index in [2.05, 4.69) is 20.9 Å². The van der Waals surface area contributed by atoms with E-state index >= 15 is 0 Å². The Labute approximate surface area is 178 Å². The normalized spacial score (nSPS) is 35.2. The van der Waals surface area contributed by atoms with Gasteiger partial charge in [-0.1, -0.05) is 18.2 Å². The molecule has 2 aromatic rings. The fraction of sp³-hybridized carbons (Fsp3) is 0.640. The summed E-state index contributed by atoms with van der Waals surface area (Å²) in [5, 5.41) is 11.2. The molecule has 30 heavy (non-hydrogen) atoms. The molecule has 1 aliphatic heterocycles. The number of aromatic amines is 1. The van der Waals surface area contributed by atoms with E-state index in [0.29, 0.717) is 0 Å². The number of para-hydroxylation sites is 1. The number of carboxylic acids is 1. The molecular weight excluding hydrogens is 374 g/mol. The highest BCUT2D eigenvalue weighted by atomic mass is 16.4. The minimum Gasteiger partial charge on any atom is -0.480 e. The number of nitrogens with zero attached hydrogens (tertiary/aromatic N) is 2. The minimum absolute atomic E-state index is 0.568. The summed E-state index contributed by atoms with van der Waals surface area (Å²) in [6.45, 7) is 5.73. The highest BCUT2D eigenvalue weighted by molar-refractivity contribution is 5.90. The molecule has 4 saturated carbocycles. The molecule has 0 spiro atoms. The monoisotopic (exact) mass is 407 g/mol. The van der Waals surface area contributed by atoms with Crippen LogP contribution in [0.15, 0.2) is 24.3 Å². The molecular formula is C25H33N3O2. The van der Waals surface area contributed by atoms with Crippen molar-refractivity contribution in [3.63, 3.8) is 0 Å². The summed E-state index contributed by atoms with van der Waals surface area (Å²) in [5.74, 6) is 3.08. The molecule has 160 valence electrons. The van der Waals surface area contributed by atoms with Crippen LogP contribution in [0, 0.1) is 30.6 Å². The van der Waals surface area contributed by atoms with Crippen molar-refractivity contribution in [2.24, 2.45) is 23.7 Å². The lowest BCUT2D eigenvalue weighted by Gasteiger charge is -2.58. The molecule has 7 rings (SSSR count). The molecule has 4 aliphatic carbocycles.